The molecular formula is C12H21N3O. The summed E-state index contributed by atoms with van der Waals surface area (Å²) in [5, 5.41) is 11.6. The fourth-order valence-corrected chi connectivity index (χ4v) is 1.65. The molecule has 0 fully saturated rings. The van der Waals surface area contributed by atoms with Crippen LogP contribution in [-0.4, -0.2) is 23.9 Å². The number of rotatable bonds is 6. The Labute approximate surface area is 97.4 Å². The molecule has 0 saturated heterocycles. The zero-order valence-electron chi connectivity index (χ0n) is 10.5. The fourth-order valence-electron chi connectivity index (χ4n) is 1.65. The van der Waals surface area contributed by atoms with Gasteiger partial charge in [0, 0.05) is 6.07 Å². The molecule has 0 aliphatic carbocycles. The Bertz CT molecular complexity index is 298. The van der Waals surface area contributed by atoms with E-state index in [1.807, 2.05) is 12.1 Å². The highest BCUT2D eigenvalue weighted by atomic mass is 16.5. The molecule has 90 valence electrons. The monoisotopic (exact) mass is 223 g/mol. The van der Waals surface area contributed by atoms with Crippen LogP contribution in [0.25, 0.3) is 0 Å². The minimum Gasteiger partial charge on any atom is -0.480 e. The van der Waals surface area contributed by atoms with Crippen LogP contribution >= 0.6 is 0 Å². The number of aromatic nitrogens is 2. The van der Waals surface area contributed by atoms with Crippen molar-refractivity contribution in [2.24, 2.45) is 5.92 Å². The van der Waals surface area contributed by atoms with Gasteiger partial charge in [-0.1, -0.05) is 20.8 Å². The summed E-state index contributed by atoms with van der Waals surface area (Å²) < 4.78 is 5.00. The Hall–Kier alpha value is -1.16. The average molecular weight is 223 g/mol. The first-order valence-corrected chi connectivity index (χ1v) is 5.78. The van der Waals surface area contributed by atoms with E-state index in [-0.39, 0.29) is 6.04 Å². The molecule has 0 spiro atoms. The number of hydrogen-bond acceptors (Lipinski definition) is 4. The van der Waals surface area contributed by atoms with E-state index >= 15 is 0 Å². The van der Waals surface area contributed by atoms with Crippen molar-refractivity contribution >= 4 is 0 Å². The van der Waals surface area contributed by atoms with Gasteiger partial charge in [-0.05, 0) is 24.9 Å². The summed E-state index contributed by atoms with van der Waals surface area (Å²) >= 11 is 0. The lowest BCUT2D eigenvalue weighted by Gasteiger charge is -2.18. The molecule has 1 atom stereocenters. The first-order chi connectivity index (χ1) is 7.67. The largest absolute Gasteiger partial charge is 0.480 e. The molecule has 1 heterocycles. The molecule has 1 aromatic heterocycles. The number of nitrogens with one attached hydrogen (secondary N) is 1. The maximum Gasteiger partial charge on any atom is 0.233 e. The second-order valence-corrected chi connectivity index (χ2v) is 4.24. The van der Waals surface area contributed by atoms with Gasteiger partial charge in [-0.15, -0.1) is 5.10 Å². The van der Waals surface area contributed by atoms with Crippen LogP contribution in [0.4, 0.5) is 0 Å². The maximum atomic E-state index is 5.00. The lowest BCUT2D eigenvalue weighted by molar-refractivity contribution is 0.385. The standard InChI is InChI=1S/C12H21N3O/c1-5-13-11(8-9(2)3)10-6-7-12(16-4)15-14-10/h6-7,9,11,13H,5,8H2,1-4H3. The predicted molar refractivity (Wildman–Crippen MR) is 64.5 cm³/mol. The first kappa shape index (κ1) is 12.9. The van der Waals surface area contributed by atoms with E-state index in [9.17, 15) is 0 Å². The van der Waals surface area contributed by atoms with Gasteiger partial charge in [0.25, 0.3) is 0 Å². The van der Waals surface area contributed by atoms with E-state index in [4.69, 9.17) is 4.74 Å². The highest BCUT2D eigenvalue weighted by Crippen LogP contribution is 2.19. The maximum absolute atomic E-state index is 5.00. The van der Waals surface area contributed by atoms with Gasteiger partial charge < -0.3 is 10.1 Å². The molecule has 1 N–H and O–H groups in total. The van der Waals surface area contributed by atoms with Crippen molar-refractivity contribution in [1.29, 1.82) is 0 Å². The van der Waals surface area contributed by atoms with Gasteiger partial charge in [-0.2, -0.15) is 5.10 Å². The molecule has 0 aliphatic heterocycles. The van der Waals surface area contributed by atoms with Crippen molar-refractivity contribution in [3.05, 3.63) is 17.8 Å². The first-order valence-electron chi connectivity index (χ1n) is 5.78. The van der Waals surface area contributed by atoms with E-state index in [0.717, 1.165) is 18.7 Å². The minimum absolute atomic E-state index is 0.281. The van der Waals surface area contributed by atoms with Gasteiger partial charge in [-0.25, -0.2) is 0 Å². The van der Waals surface area contributed by atoms with Crippen molar-refractivity contribution in [1.82, 2.24) is 15.5 Å². The molecule has 1 unspecified atom stereocenters. The van der Waals surface area contributed by atoms with Crippen LogP contribution < -0.4 is 10.1 Å². The number of ether oxygens (including phenoxy) is 1. The van der Waals surface area contributed by atoms with Crippen LogP contribution in [0.3, 0.4) is 0 Å². The van der Waals surface area contributed by atoms with Crippen LogP contribution in [0.15, 0.2) is 12.1 Å². The Morgan fingerprint density at radius 2 is 2.06 bits per heavy atom. The summed E-state index contributed by atoms with van der Waals surface area (Å²) in [6.45, 7) is 7.46. The van der Waals surface area contributed by atoms with Crippen molar-refractivity contribution < 1.29 is 4.74 Å². The minimum atomic E-state index is 0.281. The van der Waals surface area contributed by atoms with Crippen LogP contribution in [0, 0.1) is 5.92 Å². The van der Waals surface area contributed by atoms with Gasteiger partial charge in [-0.3, -0.25) is 0 Å². The van der Waals surface area contributed by atoms with E-state index < -0.39 is 0 Å². The number of hydrogen-bond donors (Lipinski definition) is 1. The Kier molecular flexibility index (Phi) is 5.19. The van der Waals surface area contributed by atoms with Gasteiger partial charge in [0.15, 0.2) is 0 Å². The molecule has 0 saturated carbocycles. The SMILES string of the molecule is CCNC(CC(C)C)c1ccc(OC)nn1. The van der Waals surface area contributed by atoms with Crippen LogP contribution in [0.5, 0.6) is 5.88 Å². The summed E-state index contributed by atoms with van der Waals surface area (Å²) in [5.41, 5.74) is 0.983. The summed E-state index contributed by atoms with van der Waals surface area (Å²) in [6, 6.07) is 4.11. The third-order valence-corrected chi connectivity index (χ3v) is 2.38. The molecule has 4 heteroatoms. The van der Waals surface area contributed by atoms with Gasteiger partial charge in [0.05, 0.1) is 18.8 Å². The Morgan fingerprint density at radius 1 is 1.31 bits per heavy atom. The van der Waals surface area contributed by atoms with Crippen LogP contribution in [0.1, 0.15) is 38.9 Å². The van der Waals surface area contributed by atoms with Gasteiger partial charge in [0.2, 0.25) is 5.88 Å². The third-order valence-electron chi connectivity index (χ3n) is 2.38. The highest BCUT2D eigenvalue weighted by Gasteiger charge is 2.14. The zero-order valence-corrected chi connectivity index (χ0v) is 10.5. The van der Waals surface area contributed by atoms with Crippen molar-refractivity contribution in [2.45, 2.75) is 33.2 Å². The third kappa shape index (κ3) is 3.77. The zero-order chi connectivity index (χ0) is 12.0. The Balaban J connectivity index is 2.75. The second kappa shape index (κ2) is 6.43. The normalized spacial score (nSPS) is 12.8. The summed E-state index contributed by atoms with van der Waals surface area (Å²) in [6.07, 6.45) is 1.06. The van der Waals surface area contributed by atoms with Crippen molar-refractivity contribution in [3.63, 3.8) is 0 Å². The molecule has 0 aromatic carbocycles. The Morgan fingerprint density at radius 3 is 2.50 bits per heavy atom. The molecule has 0 bridgehead atoms. The van der Waals surface area contributed by atoms with Crippen molar-refractivity contribution in [2.75, 3.05) is 13.7 Å². The summed E-state index contributed by atoms with van der Waals surface area (Å²) in [5.74, 6) is 1.19. The topological polar surface area (TPSA) is 47.0 Å². The molecule has 0 amide bonds. The molecular weight excluding hydrogens is 202 g/mol. The quantitative estimate of drug-likeness (QED) is 0.803. The highest BCUT2D eigenvalue weighted by molar-refractivity contribution is 5.14. The van der Waals surface area contributed by atoms with Crippen LogP contribution in [0.2, 0.25) is 0 Å². The molecule has 1 rings (SSSR count). The number of nitrogens with zero attached hydrogens (tertiary/aromatic N) is 2. The van der Waals surface area contributed by atoms with E-state index in [1.165, 1.54) is 0 Å². The summed E-state index contributed by atoms with van der Waals surface area (Å²) in [4.78, 5) is 0. The predicted octanol–water partition coefficient (Wildman–Crippen LogP) is 2.18. The second-order valence-electron chi connectivity index (χ2n) is 4.24. The van der Waals surface area contributed by atoms with Crippen LogP contribution in [-0.2, 0) is 0 Å². The van der Waals surface area contributed by atoms with Crippen molar-refractivity contribution in [3.8, 4) is 5.88 Å². The van der Waals surface area contributed by atoms with E-state index in [1.54, 1.807) is 7.11 Å². The smallest absolute Gasteiger partial charge is 0.233 e. The molecule has 1 aromatic rings. The lowest BCUT2D eigenvalue weighted by atomic mass is 10.0. The molecule has 16 heavy (non-hydrogen) atoms. The lowest BCUT2D eigenvalue weighted by Crippen LogP contribution is -2.23. The molecule has 0 radical (unpaired) electrons. The molecule has 4 nitrogen and oxygen atoms in total. The number of methoxy groups -OCH3 is 1. The molecule has 0 aliphatic rings. The summed E-state index contributed by atoms with van der Waals surface area (Å²) in [7, 11) is 1.60. The fraction of sp³-hybridized carbons (Fsp3) is 0.667. The van der Waals surface area contributed by atoms with E-state index in [0.29, 0.717) is 11.8 Å². The van der Waals surface area contributed by atoms with E-state index in [2.05, 4.69) is 36.3 Å². The average Bonchev–Trinajstić information content (AvgIpc) is 2.28. The van der Waals surface area contributed by atoms with Gasteiger partial charge >= 0.3 is 0 Å². The van der Waals surface area contributed by atoms with Gasteiger partial charge in [0.1, 0.15) is 0 Å².